The van der Waals surface area contributed by atoms with Gasteiger partial charge >= 0.3 is 0 Å². The van der Waals surface area contributed by atoms with Crippen LogP contribution in [0.2, 0.25) is 0 Å². The maximum Gasteiger partial charge on any atom is 0.0543 e. The second kappa shape index (κ2) is 12.7. The first-order valence-corrected chi connectivity index (χ1v) is 21.2. The monoisotopic (exact) mass is 768 g/mol. The van der Waals surface area contributed by atoms with Gasteiger partial charge < -0.3 is 9.47 Å². The Morgan fingerprint density at radius 1 is 0.333 bits per heavy atom. The zero-order chi connectivity index (χ0) is 40.3. The van der Waals surface area contributed by atoms with E-state index in [0.717, 1.165) is 0 Å². The predicted molar refractivity (Wildman–Crippen MR) is 254 cm³/mol. The smallest absolute Gasteiger partial charge is 0.0543 e. The average Bonchev–Trinajstić information content (AvgIpc) is 3.84. The second-order valence-corrected chi connectivity index (χ2v) is 17.6. The Bertz CT molecular complexity index is 3340. The minimum absolute atomic E-state index is 0.135. The van der Waals surface area contributed by atoms with E-state index in [2.05, 4.69) is 231 Å². The number of rotatable bonds is 5. The van der Waals surface area contributed by atoms with Crippen LogP contribution in [0.25, 0.3) is 71.6 Å². The van der Waals surface area contributed by atoms with Gasteiger partial charge in [-0.1, -0.05) is 185 Å². The third kappa shape index (κ3) is 4.70. The van der Waals surface area contributed by atoms with E-state index in [1.54, 1.807) is 0 Å². The lowest BCUT2D eigenvalue weighted by Gasteiger charge is -2.34. The molecule has 0 aliphatic heterocycles. The van der Waals surface area contributed by atoms with E-state index >= 15 is 0 Å². The third-order valence-corrected chi connectivity index (χ3v) is 13.8. The molecule has 10 aromatic rings. The van der Waals surface area contributed by atoms with Crippen molar-refractivity contribution in [2.45, 2.75) is 38.5 Å². The largest absolute Gasteiger partial charge is 0.309 e. The molecular formula is C58H44N2. The molecule has 0 unspecified atom stereocenters. The summed E-state index contributed by atoms with van der Waals surface area (Å²) < 4.78 is 2.45. The van der Waals surface area contributed by atoms with Crippen LogP contribution in [-0.2, 0) is 10.8 Å². The lowest BCUT2D eigenvalue weighted by molar-refractivity contribution is 0.659. The molecule has 1 heterocycles. The Morgan fingerprint density at radius 3 is 1.58 bits per heavy atom. The summed E-state index contributed by atoms with van der Waals surface area (Å²) in [6.45, 7) is 9.56. The first-order chi connectivity index (χ1) is 29.3. The second-order valence-electron chi connectivity index (χ2n) is 17.6. The van der Waals surface area contributed by atoms with Gasteiger partial charge in [0.15, 0.2) is 0 Å². The Labute approximate surface area is 351 Å². The Hall–Kier alpha value is -7.16. The van der Waals surface area contributed by atoms with Crippen molar-refractivity contribution in [3.8, 4) is 39.1 Å². The molecular weight excluding hydrogens is 725 g/mol. The van der Waals surface area contributed by atoms with Gasteiger partial charge in [-0.25, -0.2) is 0 Å². The fourth-order valence-electron chi connectivity index (χ4n) is 11.1. The van der Waals surface area contributed by atoms with Crippen LogP contribution in [0, 0.1) is 0 Å². The molecule has 0 saturated heterocycles. The highest BCUT2D eigenvalue weighted by Gasteiger charge is 2.41. The predicted octanol–water partition coefficient (Wildman–Crippen LogP) is 15.7. The standard InChI is InChI=1S/C58H44N2/c1-57(2)47-29-11-6-23-45(47)55-48(57)30-18-35-53(55)60(54-36-17-27-44-39-19-5-10-28-46(39)58(3,4)56(44)54)52-34-16-25-38-37(24-15-26-41(38)52)40-20-7-12-31-49(40)59-50-32-13-8-21-42(50)43-22-9-14-33-51(43)59/h5-36H,1-4H3. The highest BCUT2D eigenvalue weighted by atomic mass is 15.2. The average molecular weight is 769 g/mol. The number of fused-ring (bicyclic) bond motifs is 10. The van der Waals surface area contributed by atoms with Crippen LogP contribution in [0.5, 0.6) is 0 Å². The summed E-state index contributed by atoms with van der Waals surface area (Å²) >= 11 is 0. The summed E-state index contributed by atoms with van der Waals surface area (Å²) in [5.74, 6) is 0. The molecule has 12 rings (SSSR count). The van der Waals surface area contributed by atoms with Crippen molar-refractivity contribution in [3.05, 3.63) is 216 Å². The maximum atomic E-state index is 2.61. The van der Waals surface area contributed by atoms with Gasteiger partial charge in [0.2, 0.25) is 0 Å². The molecule has 0 saturated carbocycles. The maximum absolute atomic E-state index is 2.61. The number of anilines is 3. The highest BCUT2D eigenvalue weighted by Crippen LogP contribution is 2.58. The van der Waals surface area contributed by atoms with Crippen LogP contribution >= 0.6 is 0 Å². The molecule has 0 spiro atoms. The molecule has 0 amide bonds. The lowest BCUT2D eigenvalue weighted by Crippen LogP contribution is -2.21. The first kappa shape index (κ1) is 34.8. The Kier molecular flexibility index (Phi) is 7.36. The highest BCUT2D eigenvalue weighted by molar-refractivity contribution is 6.12. The molecule has 2 aliphatic rings. The van der Waals surface area contributed by atoms with Crippen molar-refractivity contribution >= 4 is 49.6 Å². The topological polar surface area (TPSA) is 8.17 Å². The summed E-state index contributed by atoms with van der Waals surface area (Å²) in [4.78, 5) is 2.61. The van der Waals surface area contributed by atoms with Gasteiger partial charge in [0.1, 0.15) is 0 Å². The van der Waals surface area contributed by atoms with Gasteiger partial charge in [-0.2, -0.15) is 0 Å². The zero-order valence-electron chi connectivity index (χ0n) is 34.4. The van der Waals surface area contributed by atoms with Crippen molar-refractivity contribution < 1.29 is 0 Å². The summed E-state index contributed by atoms with van der Waals surface area (Å²) in [5.41, 5.74) is 20.0. The molecule has 60 heavy (non-hydrogen) atoms. The van der Waals surface area contributed by atoms with E-state index in [0.29, 0.717) is 0 Å². The fourth-order valence-corrected chi connectivity index (χ4v) is 11.1. The Morgan fingerprint density at radius 2 is 0.817 bits per heavy atom. The van der Waals surface area contributed by atoms with Gasteiger partial charge in [-0.15, -0.1) is 0 Å². The van der Waals surface area contributed by atoms with Crippen LogP contribution < -0.4 is 4.90 Å². The number of hydrogen-bond donors (Lipinski definition) is 0. The van der Waals surface area contributed by atoms with Gasteiger partial charge in [-0.05, 0) is 86.3 Å². The summed E-state index contributed by atoms with van der Waals surface area (Å²) in [6.07, 6.45) is 0. The van der Waals surface area contributed by atoms with E-state index in [1.807, 2.05) is 0 Å². The Balaban J connectivity index is 1.15. The van der Waals surface area contributed by atoms with E-state index in [1.165, 1.54) is 111 Å². The number of benzene rings is 9. The van der Waals surface area contributed by atoms with Crippen molar-refractivity contribution in [2.24, 2.45) is 0 Å². The summed E-state index contributed by atoms with van der Waals surface area (Å²) in [5, 5.41) is 4.96. The van der Waals surface area contributed by atoms with Crippen LogP contribution in [0.4, 0.5) is 17.1 Å². The van der Waals surface area contributed by atoms with Gasteiger partial charge in [0.25, 0.3) is 0 Å². The SMILES string of the molecule is CC1(C)c2ccccc2-c2c(N(c3cccc4c3C(C)(C)c3ccccc3-4)c3cccc4c(-c5ccccc5-n5c6ccccc6c6ccccc65)cccc34)cccc21. The van der Waals surface area contributed by atoms with Crippen LogP contribution in [-0.4, -0.2) is 4.57 Å². The quantitative estimate of drug-likeness (QED) is 0.169. The zero-order valence-corrected chi connectivity index (χ0v) is 34.4. The third-order valence-electron chi connectivity index (χ3n) is 13.8. The molecule has 1 aromatic heterocycles. The molecule has 2 aliphatic carbocycles. The molecule has 286 valence electrons. The van der Waals surface area contributed by atoms with Gasteiger partial charge in [0, 0.05) is 38.1 Å². The molecule has 0 fully saturated rings. The number of hydrogen-bond acceptors (Lipinski definition) is 1. The molecule has 0 radical (unpaired) electrons. The first-order valence-electron chi connectivity index (χ1n) is 21.2. The van der Waals surface area contributed by atoms with E-state index in [9.17, 15) is 0 Å². The number of para-hydroxylation sites is 3. The molecule has 0 N–H and O–H groups in total. The molecule has 2 nitrogen and oxygen atoms in total. The van der Waals surface area contributed by atoms with E-state index in [4.69, 9.17) is 0 Å². The van der Waals surface area contributed by atoms with Crippen LogP contribution in [0.15, 0.2) is 194 Å². The lowest BCUT2D eigenvalue weighted by atomic mass is 9.81. The number of nitrogens with zero attached hydrogens (tertiary/aromatic N) is 2. The van der Waals surface area contributed by atoms with Crippen LogP contribution in [0.3, 0.4) is 0 Å². The fraction of sp³-hybridized carbons (Fsp3) is 0.103. The van der Waals surface area contributed by atoms with E-state index < -0.39 is 0 Å². The number of aromatic nitrogens is 1. The van der Waals surface area contributed by atoms with Crippen molar-refractivity contribution in [3.63, 3.8) is 0 Å². The van der Waals surface area contributed by atoms with Crippen molar-refractivity contribution in [1.82, 2.24) is 4.57 Å². The van der Waals surface area contributed by atoms with Crippen molar-refractivity contribution in [2.75, 3.05) is 4.90 Å². The summed E-state index contributed by atoms with van der Waals surface area (Å²) in [7, 11) is 0. The minimum Gasteiger partial charge on any atom is -0.309 e. The molecule has 0 bridgehead atoms. The summed E-state index contributed by atoms with van der Waals surface area (Å²) in [6, 6.07) is 72.3. The van der Waals surface area contributed by atoms with Gasteiger partial charge in [0.05, 0.1) is 33.8 Å². The normalized spacial score (nSPS) is 14.3. The van der Waals surface area contributed by atoms with Crippen LogP contribution in [0.1, 0.15) is 49.9 Å². The minimum atomic E-state index is -0.215. The molecule has 9 aromatic carbocycles. The molecule has 2 heteroatoms. The van der Waals surface area contributed by atoms with Gasteiger partial charge in [-0.3, -0.25) is 0 Å². The van der Waals surface area contributed by atoms with Crippen molar-refractivity contribution in [1.29, 1.82) is 0 Å². The van der Waals surface area contributed by atoms with E-state index in [-0.39, 0.29) is 10.8 Å². The molecule has 0 atom stereocenters.